The number of fused-ring (bicyclic) bond motifs is 2. The number of hydrogen-bond acceptors (Lipinski definition) is 6. The van der Waals surface area contributed by atoms with Crippen LogP contribution >= 0.6 is 0 Å². The largest absolute Gasteiger partial charge is 0.346 e. The minimum absolute atomic E-state index is 1.07. The molecule has 1 aliphatic carbocycles. The molecule has 6 aromatic carbocycles. The SMILES string of the molecule is CC.CC.CC.CC1=CC=C(N(C)c2ccccc2N(c2ccccc2)c2ccccc2)CC1.CCC/C(C)=C\N1c2ccccc2N(c2ccccc2)c2ccccc21.OO. The predicted molar refractivity (Wildman–Crippen MR) is 272 cm³/mol. The van der Waals surface area contributed by atoms with Crippen LogP contribution in [0.2, 0.25) is 0 Å². The second kappa shape index (κ2) is 27.5. The molecule has 0 saturated heterocycles. The molecule has 2 aliphatic rings. The molecule has 0 bridgehead atoms. The van der Waals surface area contributed by atoms with E-state index in [0.717, 1.165) is 37.1 Å². The number of allylic oxidation sites excluding steroid dienone is 5. The lowest BCUT2D eigenvalue weighted by Crippen LogP contribution is -2.23. The van der Waals surface area contributed by atoms with Crippen LogP contribution in [0.4, 0.5) is 51.2 Å². The smallest absolute Gasteiger partial charge is 0.0703 e. The average Bonchev–Trinajstić information content (AvgIpc) is 3.35. The lowest BCUT2D eigenvalue weighted by molar-refractivity contribution is -0.176. The highest BCUT2D eigenvalue weighted by Crippen LogP contribution is 2.51. The van der Waals surface area contributed by atoms with Crippen molar-refractivity contribution in [1.82, 2.24) is 0 Å². The summed E-state index contributed by atoms with van der Waals surface area (Å²) in [6.07, 6.45) is 11.3. The van der Waals surface area contributed by atoms with Crippen molar-refractivity contribution in [2.75, 3.05) is 26.6 Å². The van der Waals surface area contributed by atoms with Gasteiger partial charge in [-0.05, 0) is 112 Å². The predicted octanol–water partition coefficient (Wildman–Crippen LogP) is 17.6. The third-order valence-corrected chi connectivity index (χ3v) is 10.1. The van der Waals surface area contributed by atoms with Gasteiger partial charge < -0.3 is 19.6 Å². The van der Waals surface area contributed by atoms with Crippen LogP contribution < -0.4 is 19.6 Å². The molecule has 0 atom stereocenters. The number of hydrogen-bond donors (Lipinski definition) is 2. The fourth-order valence-corrected chi connectivity index (χ4v) is 7.33. The molecule has 6 heteroatoms. The molecule has 0 saturated carbocycles. The molecule has 0 amide bonds. The van der Waals surface area contributed by atoms with Crippen LogP contribution in [0.15, 0.2) is 199 Å². The Labute approximate surface area is 374 Å². The van der Waals surface area contributed by atoms with E-state index in [2.05, 4.69) is 230 Å². The highest BCUT2D eigenvalue weighted by molar-refractivity contribution is 5.98. The second-order valence-corrected chi connectivity index (χ2v) is 14.0. The van der Waals surface area contributed by atoms with Gasteiger partial charge in [0.1, 0.15) is 0 Å². The monoisotopic (exact) mass is 831 g/mol. The van der Waals surface area contributed by atoms with Crippen LogP contribution in [0.5, 0.6) is 0 Å². The van der Waals surface area contributed by atoms with Crippen molar-refractivity contribution < 1.29 is 10.5 Å². The molecule has 6 nitrogen and oxygen atoms in total. The van der Waals surface area contributed by atoms with E-state index in [1.807, 2.05) is 41.5 Å². The number of nitrogens with zero attached hydrogens (tertiary/aromatic N) is 4. The van der Waals surface area contributed by atoms with E-state index in [4.69, 9.17) is 10.5 Å². The van der Waals surface area contributed by atoms with Gasteiger partial charge in [-0.1, -0.05) is 163 Å². The van der Waals surface area contributed by atoms with E-state index in [1.54, 1.807) is 0 Å². The van der Waals surface area contributed by atoms with Gasteiger partial charge in [0.15, 0.2) is 0 Å². The van der Waals surface area contributed by atoms with E-state index >= 15 is 0 Å². The van der Waals surface area contributed by atoms with Crippen LogP contribution in [-0.2, 0) is 0 Å². The van der Waals surface area contributed by atoms with Crippen molar-refractivity contribution in [2.45, 2.75) is 88.0 Å². The lowest BCUT2D eigenvalue weighted by Gasteiger charge is -2.39. The molecule has 0 spiro atoms. The first kappa shape index (κ1) is 50.0. The van der Waals surface area contributed by atoms with Gasteiger partial charge in [-0.25, -0.2) is 0 Å². The zero-order valence-corrected chi connectivity index (χ0v) is 38.8. The van der Waals surface area contributed by atoms with Crippen molar-refractivity contribution in [1.29, 1.82) is 0 Å². The van der Waals surface area contributed by atoms with Crippen molar-refractivity contribution in [3.05, 3.63) is 199 Å². The molecule has 8 rings (SSSR count). The molecule has 0 aromatic heterocycles. The third kappa shape index (κ3) is 12.8. The van der Waals surface area contributed by atoms with Gasteiger partial charge in [-0.15, -0.1) is 0 Å². The fourth-order valence-electron chi connectivity index (χ4n) is 7.33. The van der Waals surface area contributed by atoms with Gasteiger partial charge in [-0.3, -0.25) is 10.5 Å². The van der Waals surface area contributed by atoms with Crippen LogP contribution in [0, 0.1) is 0 Å². The van der Waals surface area contributed by atoms with Crippen LogP contribution in [0.25, 0.3) is 0 Å². The molecule has 1 aliphatic heterocycles. The topological polar surface area (TPSA) is 53.4 Å². The van der Waals surface area contributed by atoms with Crippen molar-refractivity contribution in [2.24, 2.45) is 0 Å². The van der Waals surface area contributed by atoms with Gasteiger partial charge in [0.2, 0.25) is 0 Å². The summed E-state index contributed by atoms with van der Waals surface area (Å²) in [5.74, 6) is 0. The Balaban J connectivity index is 0.000000285. The Kier molecular flexibility index (Phi) is 22.2. The summed E-state index contributed by atoms with van der Waals surface area (Å²) < 4.78 is 0. The number of para-hydroxylation sites is 9. The maximum absolute atomic E-state index is 6.00. The number of anilines is 9. The Morgan fingerprint density at radius 3 is 1.42 bits per heavy atom. The first-order valence-electron chi connectivity index (χ1n) is 22.3. The van der Waals surface area contributed by atoms with Gasteiger partial charge in [0.05, 0.1) is 34.1 Å². The van der Waals surface area contributed by atoms with Crippen molar-refractivity contribution >= 4 is 51.2 Å². The summed E-state index contributed by atoms with van der Waals surface area (Å²) in [6, 6.07) is 57.7. The fraction of sp³-hybridized carbons (Fsp3) is 0.250. The zero-order chi connectivity index (χ0) is 45.3. The van der Waals surface area contributed by atoms with E-state index in [0.29, 0.717) is 0 Å². The molecule has 0 radical (unpaired) electrons. The zero-order valence-electron chi connectivity index (χ0n) is 38.8. The van der Waals surface area contributed by atoms with Crippen LogP contribution in [0.3, 0.4) is 0 Å². The summed E-state index contributed by atoms with van der Waals surface area (Å²) >= 11 is 0. The van der Waals surface area contributed by atoms with Gasteiger partial charge in [0, 0.05) is 36.0 Å². The first-order valence-corrected chi connectivity index (χ1v) is 22.3. The van der Waals surface area contributed by atoms with Gasteiger partial charge in [0.25, 0.3) is 0 Å². The number of benzene rings is 6. The third-order valence-electron chi connectivity index (χ3n) is 10.1. The summed E-state index contributed by atoms with van der Waals surface area (Å²) in [5, 5.41) is 12.0. The summed E-state index contributed by atoms with van der Waals surface area (Å²) in [4.78, 5) is 9.35. The molecule has 6 aromatic rings. The Morgan fingerprint density at radius 1 is 0.548 bits per heavy atom. The highest BCUT2D eigenvalue weighted by atomic mass is 17.0. The van der Waals surface area contributed by atoms with Gasteiger partial charge in [-0.2, -0.15) is 0 Å². The van der Waals surface area contributed by atoms with Crippen LogP contribution in [-0.4, -0.2) is 17.6 Å². The molecular weight excluding hydrogens is 761 g/mol. The minimum atomic E-state index is 1.07. The molecule has 1 heterocycles. The van der Waals surface area contributed by atoms with E-state index in [9.17, 15) is 0 Å². The molecular formula is C56H70N4O2. The molecule has 62 heavy (non-hydrogen) atoms. The quantitative estimate of drug-likeness (QED) is 0.112. The summed E-state index contributed by atoms with van der Waals surface area (Å²) in [5.41, 5.74) is 14.9. The van der Waals surface area contributed by atoms with Crippen molar-refractivity contribution in [3.8, 4) is 0 Å². The molecule has 326 valence electrons. The molecule has 2 N–H and O–H groups in total. The Hall–Kier alpha value is -6.34. The standard InChI is InChI=1S/C26H26N2.C24H24N2.3C2H6.H2O2/c1-21-17-19-22(20-18-21)27(2)25-15-9-10-16-26(25)28(23-11-5-3-6-12-23)24-13-7-4-8-14-24;1-3-11-19(2)18-25-21-14-7-9-16-23(21)26(20-12-5-4-6-13-20)24-17-10-8-15-22(24)25;4*1-2/h3-17,19H,18,20H2,1-2H3;4-10,12-18H,3,11H2,1-2H3;3*1-2H3;1-2H/b;19-18-;;;;. The van der Waals surface area contributed by atoms with Gasteiger partial charge >= 0.3 is 0 Å². The van der Waals surface area contributed by atoms with E-state index in [-0.39, 0.29) is 0 Å². The maximum Gasteiger partial charge on any atom is 0.0703 e. The molecule has 0 unspecified atom stereocenters. The summed E-state index contributed by atoms with van der Waals surface area (Å²) in [6.45, 7) is 18.7. The maximum atomic E-state index is 6.00. The second-order valence-electron chi connectivity index (χ2n) is 14.0. The van der Waals surface area contributed by atoms with Crippen LogP contribution in [0.1, 0.15) is 88.0 Å². The number of rotatable bonds is 9. The lowest BCUT2D eigenvalue weighted by atomic mass is 10.0. The van der Waals surface area contributed by atoms with E-state index in [1.165, 1.54) is 56.7 Å². The van der Waals surface area contributed by atoms with Crippen molar-refractivity contribution in [3.63, 3.8) is 0 Å². The normalized spacial score (nSPS) is 12.1. The summed E-state index contributed by atoms with van der Waals surface area (Å²) in [7, 11) is 2.17. The highest BCUT2D eigenvalue weighted by Gasteiger charge is 2.28. The Morgan fingerprint density at radius 2 is 0.968 bits per heavy atom. The van der Waals surface area contributed by atoms with E-state index < -0.39 is 0 Å². The average molecular weight is 831 g/mol. The Bertz CT molecular complexity index is 2160. The first-order chi connectivity index (χ1) is 30.5. The minimum Gasteiger partial charge on any atom is -0.346 e. The molecule has 0 fully saturated rings.